The van der Waals surface area contributed by atoms with Gasteiger partial charge in [-0.25, -0.2) is 8.42 Å². The predicted octanol–water partition coefficient (Wildman–Crippen LogP) is 1.61. The minimum Gasteiger partial charge on any atom is -0.456 e. The molecule has 1 amide bonds. The number of anilines is 1. The van der Waals surface area contributed by atoms with E-state index in [0.29, 0.717) is 12.1 Å². The monoisotopic (exact) mass is 339 g/mol. The number of hydrogen-bond acceptors (Lipinski definition) is 5. The number of carbonyl (C=O) groups is 2. The summed E-state index contributed by atoms with van der Waals surface area (Å²) in [6, 6.07) is 5.53. The molecule has 0 bridgehead atoms. The molecule has 0 spiro atoms. The zero-order valence-electron chi connectivity index (χ0n) is 13.3. The fourth-order valence-electron chi connectivity index (χ4n) is 2.49. The van der Waals surface area contributed by atoms with Crippen LogP contribution in [0.2, 0.25) is 0 Å². The zero-order chi connectivity index (χ0) is 17.0. The van der Waals surface area contributed by atoms with Crippen LogP contribution in [0.3, 0.4) is 0 Å². The number of esters is 1. The van der Waals surface area contributed by atoms with Gasteiger partial charge in [0.05, 0.1) is 11.5 Å². The fourth-order valence-corrected chi connectivity index (χ4v) is 4.35. The van der Waals surface area contributed by atoms with Crippen molar-refractivity contribution in [2.24, 2.45) is 5.92 Å². The van der Waals surface area contributed by atoms with Gasteiger partial charge in [-0.1, -0.05) is 6.07 Å². The molecule has 126 valence electrons. The second kappa shape index (κ2) is 7.12. The van der Waals surface area contributed by atoms with Crippen LogP contribution in [0.5, 0.6) is 0 Å². The maximum Gasteiger partial charge on any atom is 0.306 e. The molecule has 1 atom stereocenters. The number of nitrogens with one attached hydrogen (secondary N) is 1. The van der Waals surface area contributed by atoms with Gasteiger partial charge in [0.15, 0.2) is 16.4 Å². The molecule has 1 aliphatic heterocycles. The SMILES string of the molecule is Cc1ccc(NC(=O)COC(=O)CC2CCS(=O)(=O)C2)cc1C. The maximum absolute atomic E-state index is 11.8. The van der Waals surface area contributed by atoms with Gasteiger partial charge in [-0.15, -0.1) is 0 Å². The van der Waals surface area contributed by atoms with Crippen molar-refractivity contribution in [2.75, 3.05) is 23.4 Å². The summed E-state index contributed by atoms with van der Waals surface area (Å²) in [7, 11) is -3.01. The number of ether oxygens (including phenoxy) is 1. The Bertz CT molecular complexity index is 711. The van der Waals surface area contributed by atoms with Gasteiger partial charge in [0.25, 0.3) is 5.91 Å². The molecule has 1 aliphatic rings. The Kier molecular flexibility index (Phi) is 5.41. The third kappa shape index (κ3) is 5.35. The first-order valence-corrected chi connectivity index (χ1v) is 9.30. The van der Waals surface area contributed by atoms with Crippen molar-refractivity contribution in [3.63, 3.8) is 0 Å². The summed E-state index contributed by atoms with van der Waals surface area (Å²) in [5, 5.41) is 2.66. The Morgan fingerprint density at radius 2 is 2.00 bits per heavy atom. The van der Waals surface area contributed by atoms with E-state index in [1.807, 2.05) is 26.0 Å². The van der Waals surface area contributed by atoms with Gasteiger partial charge in [0, 0.05) is 12.1 Å². The summed E-state index contributed by atoms with van der Waals surface area (Å²) in [6.07, 6.45) is 0.516. The van der Waals surface area contributed by atoms with E-state index in [1.165, 1.54) is 0 Å². The summed E-state index contributed by atoms with van der Waals surface area (Å²) in [4.78, 5) is 23.4. The Labute approximate surface area is 136 Å². The number of rotatable bonds is 5. The zero-order valence-corrected chi connectivity index (χ0v) is 14.1. The topological polar surface area (TPSA) is 89.5 Å². The van der Waals surface area contributed by atoms with Crippen LogP contribution in [-0.4, -0.2) is 38.4 Å². The lowest BCUT2D eigenvalue weighted by Gasteiger charge is -2.10. The number of amides is 1. The van der Waals surface area contributed by atoms with E-state index in [2.05, 4.69) is 5.32 Å². The molecule has 0 aliphatic carbocycles. The van der Waals surface area contributed by atoms with Gasteiger partial charge in [-0.3, -0.25) is 9.59 Å². The molecule has 6 nitrogen and oxygen atoms in total. The van der Waals surface area contributed by atoms with Crippen LogP contribution in [0, 0.1) is 19.8 Å². The molecule has 1 aromatic rings. The lowest BCUT2D eigenvalue weighted by molar-refractivity contribution is -0.148. The van der Waals surface area contributed by atoms with Gasteiger partial charge in [0.2, 0.25) is 0 Å². The molecular weight excluding hydrogens is 318 g/mol. The second-order valence-electron chi connectivity index (χ2n) is 5.98. The molecule has 1 aromatic carbocycles. The lowest BCUT2D eigenvalue weighted by atomic mass is 10.1. The van der Waals surface area contributed by atoms with E-state index in [9.17, 15) is 18.0 Å². The average molecular weight is 339 g/mol. The second-order valence-corrected chi connectivity index (χ2v) is 8.21. The van der Waals surface area contributed by atoms with Crippen LogP contribution in [0.25, 0.3) is 0 Å². The standard InChI is InChI=1S/C16H21NO5S/c1-11-3-4-14(7-12(11)2)17-15(18)9-22-16(19)8-13-5-6-23(20,21)10-13/h3-4,7,13H,5-6,8-10H2,1-2H3,(H,17,18). The molecule has 1 heterocycles. The molecule has 23 heavy (non-hydrogen) atoms. The minimum atomic E-state index is -3.01. The number of aryl methyl sites for hydroxylation is 2. The molecule has 1 saturated heterocycles. The minimum absolute atomic E-state index is 0.0247. The van der Waals surface area contributed by atoms with E-state index in [4.69, 9.17) is 4.74 Å². The van der Waals surface area contributed by atoms with Crippen molar-refractivity contribution in [3.05, 3.63) is 29.3 Å². The highest BCUT2D eigenvalue weighted by Gasteiger charge is 2.29. The first-order valence-electron chi connectivity index (χ1n) is 7.48. The predicted molar refractivity (Wildman–Crippen MR) is 86.9 cm³/mol. The quantitative estimate of drug-likeness (QED) is 0.823. The lowest BCUT2D eigenvalue weighted by Crippen LogP contribution is -2.22. The molecule has 2 rings (SSSR count). The Balaban J connectivity index is 1.75. The maximum atomic E-state index is 11.8. The van der Waals surface area contributed by atoms with E-state index in [0.717, 1.165) is 11.1 Å². The fraction of sp³-hybridized carbons (Fsp3) is 0.500. The molecule has 0 radical (unpaired) electrons. The number of sulfone groups is 1. The van der Waals surface area contributed by atoms with Crippen molar-refractivity contribution >= 4 is 27.4 Å². The van der Waals surface area contributed by atoms with Gasteiger partial charge < -0.3 is 10.1 Å². The molecule has 1 fully saturated rings. The molecule has 0 saturated carbocycles. The van der Waals surface area contributed by atoms with Crippen LogP contribution in [0.4, 0.5) is 5.69 Å². The number of hydrogen-bond donors (Lipinski definition) is 1. The number of carbonyl (C=O) groups excluding carboxylic acids is 2. The first-order chi connectivity index (χ1) is 10.7. The Morgan fingerprint density at radius 1 is 1.26 bits per heavy atom. The van der Waals surface area contributed by atoms with Crippen LogP contribution >= 0.6 is 0 Å². The van der Waals surface area contributed by atoms with E-state index < -0.39 is 21.7 Å². The first kappa shape index (κ1) is 17.5. The third-order valence-corrected chi connectivity index (χ3v) is 5.77. The molecule has 1 N–H and O–H groups in total. The van der Waals surface area contributed by atoms with Crippen LogP contribution in [0.1, 0.15) is 24.0 Å². The van der Waals surface area contributed by atoms with Gasteiger partial charge in [-0.05, 0) is 49.4 Å². The molecular formula is C16H21NO5S. The summed E-state index contributed by atoms with van der Waals surface area (Å²) >= 11 is 0. The van der Waals surface area contributed by atoms with Crippen molar-refractivity contribution in [1.82, 2.24) is 0 Å². The Hall–Kier alpha value is -1.89. The van der Waals surface area contributed by atoms with Crippen LogP contribution in [0.15, 0.2) is 18.2 Å². The van der Waals surface area contributed by atoms with Gasteiger partial charge in [0.1, 0.15) is 0 Å². The average Bonchev–Trinajstić information content (AvgIpc) is 2.80. The summed E-state index contributed by atoms with van der Waals surface area (Å²) < 4.78 is 27.6. The van der Waals surface area contributed by atoms with Gasteiger partial charge >= 0.3 is 5.97 Å². The highest BCUT2D eigenvalue weighted by Crippen LogP contribution is 2.21. The van der Waals surface area contributed by atoms with E-state index >= 15 is 0 Å². The highest BCUT2D eigenvalue weighted by atomic mass is 32.2. The Morgan fingerprint density at radius 3 is 2.61 bits per heavy atom. The molecule has 7 heteroatoms. The summed E-state index contributed by atoms with van der Waals surface area (Å²) in [5.41, 5.74) is 2.83. The number of benzene rings is 1. The van der Waals surface area contributed by atoms with Crippen molar-refractivity contribution < 1.29 is 22.7 Å². The molecule has 0 aromatic heterocycles. The third-order valence-electron chi connectivity index (χ3n) is 3.94. The largest absolute Gasteiger partial charge is 0.456 e. The van der Waals surface area contributed by atoms with E-state index in [1.54, 1.807) is 6.07 Å². The van der Waals surface area contributed by atoms with Crippen molar-refractivity contribution in [3.8, 4) is 0 Å². The van der Waals surface area contributed by atoms with Crippen molar-refractivity contribution in [2.45, 2.75) is 26.7 Å². The van der Waals surface area contributed by atoms with E-state index in [-0.39, 0.29) is 30.5 Å². The summed E-state index contributed by atoms with van der Waals surface area (Å²) in [6.45, 7) is 3.55. The van der Waals surface area contributed by atoms with Crippen LogP contribution in [-0.2, 0) is 24.2 Å². The van der Waals surface area contributed by atoms with Crippen LogP contribution < -0.4 is 5.32 Å². The van der Waals surface area contributed by atoms with Crippen molar-refractivity contribution in [1.29, 1.82) is 0 Å². The normalized spacial score (nSPS) is 19.3. The smallest absolute Gasteiger partial charge is 0.306 e. The van der Waals surface area contributed by atoms with Gasteiger partial charge in [-0.2, -0.15) is 0 Å². The summed E-state index contributed by atoms with van der Waals surface area (Å²) in [5.74, 6) is -1.01. The molecule has 1 unspecified atom stereocenters. The highest BCUT2D eigenvalue weighted by molar-refractivity contribution is 7.91.